The number of aromatic amines is 1. The van der Waals surface area contributed by atoms with Gasteiger partial charge < -0.3 is 20.3 Å². The summed E-state index contributed by atoms with van der Waals surface area (Å²) >= 11 is 12.3. The van der Waals surface area contributed by atoms with Crippen molar-refractivity contribution < 1.29 is 24.0 Å². The minimum atomic E-state index is -1.09. The summed E-state index contributed by atoms with van der Waals surface area (Å²) in [6, 6.07) is 5.01. The lowest BCUT2D eigenvalue weighted by molar-refractivity contribution is -0.132. The highest BCUT2D eigenvalue weighted by molar-refractivity contribution is 6.51. The number of carbonyl (C=O) groups is 3. The second-order valence-corrected chi connectivity index (χ2v) is 8.44. The lowest BCUT2D eigenvalue weighted by atomic mass is 9.94. The van der Waals surface area contributed by atoms with Gasteiger partial charge in [-0.15, -0.1) is 0 Å². The standard InChI is InChI=1S/C22H18Cl2N4O5/c1-8-6-14(27-33-8)28-18(11-4-5-12(23)13(24)7-11)16(20(30)22(28)32)19(29)15-9(2)17(21(25)31)26-10(15)3/h4-7,18,26,29H,1-3H3,(H2,25,31)/b19-16+. The van der Waals surface area contributed by atoms with E-state index in [1.54, 1.807) is 26.8 Å². The molecular formula is C22H18Cl2N4O5. The molecule has 33 heavy (non-hydrogen) atoms. The molecule has 0 bridgehead atoms. The van der Waals surface area contributed by atoms with Crippen LogP contribution >= 0.6 is 23.2 Å². The number of primary amides is 1. The highest BCUT2D eigenvalue weighted by Gasteiger charge is 2.48. The molecule has 9 nitrogen and oxygen atoms in total. The van der Waals surface area contributed by atoms with Gasteiger partial charge in [0, 0.05) is 17.3 Å². The van der Waals surface area contributed by atoms with E-state index in [1.807, 2.05) is 0 Å². The number of aromatic nitrogens is 2. The number of aliphatic hydroxyl groups excluding tert-OH is 1. The zero-order valence-corrected chi connectivity index (χ0v) is 19.2. The molecule has 11 heteroatoms. The first-order valence-electron chi connectivity index (χ1n) is 9.71. The van der Waals surface area contributed by atoms with Crippen molar-refractivity contribution in [3.63, 3.8) is 0 Å². The molecular weight excluding hydrogens is 471 g/mol. The van der Waals surface area contributed by atoms with Gasteiger partial charge in [-0.2, -0.15) is 0 Å². The Labute approximate surface area is 197 Å². The minimum Gasteiger partial charge on any atom is -0.507 e. The molecule has 1 aliphatic rings. The molecule has 2 amide bonds. The molecule has 1 aliphatic heterocycles. The van der Waals surface area contributed by atoms with Gasteiger partial charge in [-0.3, -0.25) is 19.3 Å². The topological polar surface area (TPSA) is 143 Å². The van der Waals surface area contributed by atoms with Gasteiger partial charge in [0.15, 0.2) is 5.82 Å². The number of amides is 2. The average Bonchev–Trinajstić information content (AvgIpc) is 3.38. The number of nitrogens with zero attached hydrogens (tertiary/aromatic N) is 2. The molecule has 0 saturated carbocycles. The number of Topliss-reactive ketones (excluding diaryl/α,β-unsaturated/α-hetero) is 1. The molecule has 3 heterocycles. The number of nitrogens with one attached hydrogen (secondary N) is 1. The number of hydrogen-bond donors (Lipinski definition) is 3. The summed E-state index contributed by atoms with van der Waals surface area (Å²) in [5.41, 5.74) is 6.63. The Morgan fingerprint density at radius 3 is 2.42 bits per heavy atom. The van der Waals surface area contributed by atoms with Crippen LogP contribution in [-0.4, -0.2) is 32.8 Å². The van der Waals surface area contributed by atoms with Gasteiger partial charge in [-0.1, -0.05) is 34.4 Å². The molecule has 0 aliphatic carbocycles. The molecule has 0 spiro atoms. The van der Waals surface area contributed by atoms with Crippen molar-refractivity contribution in [1.29, 1.82) is 0 Å². The monoisotopic (exact) mass is 488 g/mol. The first kappa shape index (κ1) is 22.6. The van der Waals surface area contributed by atoms with Crippen molar-refractivity contribution in [2.75, 3.05) is 4.90 Å². The van der Waals surface area contributed by atoms with E-state index in [1.165, 1.54) is 18.2 Å². The van der Waals surface area contributed by atoms with E-state index >= 15 is 0 Å². The molecule has 3 aromatic rings. The predicted octanol–water partition coefficient (Wildman–Crippen LogP) is 3.96. The first-order chi connectivity index (χ1) is 15.5. The Kier molecular flexibility index (Phi) is 5.55. The molecule has 2 aromatic heterocycles. The quantitative estimate of drug-likeness (QED) is 0.288. The number of nitrogens with two attached hydrogens (primary N) is 1. The second kappa shape index (κ2) is 8.09. The largest absolute Gasteiger partial charge is 0.507 e. The lowest BCUT2D eigenvalue weighted by Crippen LogP contribution is -2.29. The number of H-pyrrole nitrogens is 1. The summed E-state index contributed by atoms with van der Waals surface area (Å²) in [5, 5.41) is 15.6. The van der Waals surface area contributed by atoms with Crippen LogP contribution in [0.5, 0.6) is 0 Å². The Morgan fingerprint density at radius 1 is 1.18 bits per heavy atom. The number of rotatable bonds is 4. The van der Waals surface area contributed by atoms with Gasteiger partial charge in [0.25, 0.3) is 11.7 Å². The van der Waals surface area contributed by atoms with Crippen molar-refractivity contribution in [3.8, 4) is 0 Å². The highest BCUT2D eigenvalue weighted by atomic mass is 35.5. The van der Waals surface area contributed by atoms with Crippen LogP contribution in [-0.2, 0) is 9.59 Å². The summed E-state index contributed by atoms with van der Waals surface area (Å²) < 4.78 is 5.10. The van der Waals surface area contributed by atoms with Gasteiger partial charge in [-0.05, 0) is 44.0 Å². The van der Waals surface area contributed by atoms with E-state index in [0.717, 1.165) is 4.90 Å². The molecule has 1 saturated heterocycles. The molecule has 1 fully saturated rings. The summed E-state index contributed by atoms with van der Waals surface area (Å²) in [4.78, 5) is 42.0. The number of carbonyl (C=O) groups excluding carboxylic acids is 3. The number of aryl methyl sites for hydroxylation is 2. The third-order valence-electron chi connectivity index (χ3n) is 5.49. The zero-order chi connectivity index (χ0) is 24.2. The summed E-state index contributed by atoms with van der Waals surface area (Å²) in [6.07, 6.45) is 0. The summed E-state index contributed by atoms with van der Waals surface area (Å²) in [7, 11) is 0. The lowest BCUT2D eigenvalue weighted by Gasteiger charge is -2.23. The number of hydrogen-bond acceptors (Lipinski definition) is 6. The van der Waals surface area contributed by atoms with Crippen LogP contribution in [0.1, 0.15) is 44.7 Å². The zero-order valence-electron chi connectivity index (χ0n) is 17.7. The fourth-order valence-corrected chi connectivity index (χ4v) is 4.33. The number of aliphatic hydroxyl groups is 1. The van der Waals surface area contributed by atoms with Crippen LogP contribution in [0, 0.1) is 20.8 Å². The second-order valence-electron chi connectivity index (χ2n) is 7.63. The van der Waals surface area contributed by atoms with E-state index in [4.69, 9.17) is 33.5 Å². The molecule has 1 atom stereocenters. The van der Waals surface area contributed by atoms with Crippen LogP contribution in [0.2, 0.25) is 10.0 Å². The Hall–Kier alpha value is -3.56. The van der Waals surface area contributed by atoms with Gasteiger partial charge in [-0.25, -0.2) is 0 Å². The maximum Gasteiger partial charge on any atom is 0.301 e. The van der Waals surface area contributed by atoms with Crippen molar-refractivity contribution in [3.05, 3.63) is 73.7 Å². The smallest absolute Gasteiger partial charge is 0.301 e. The highest BCUT2D eigenvalue weighted by Crippen LogP contribution is 2.44. The van der Waals surface area contributed by atoms with Crippen LogP contribution in [0.3, 0.4) is 0 Å². The van der Waals surface area contributed by atoms with E-state index in [9.17, 15) is 19.5 Å². The number of benzene rings is 1. The molecule has 0 radical (unpaired) electrons. The summed E-state index contributed by atoms with van der Waals surface area (Å²) in [6.45, 7) is 4.82. The van der Waals surface area contributed by atoms with E-state index < -0.39 is 29.4 Å². The Balaban J connectivity index is 2.01. The molecule has 4 N–H and O–H groups in total. The van der Waals surface area contributed by atoms with E-state index in [2.05, 4.69) is 10.1 Å². The van der Waals surface area contributed by atoms with Crippen LogP contribution < -0.4 is 10.6 Å². The van der Waals surface area contributed by atoms with Gasteiger partial charge in [0.1, 0.15) is 17.2 Å². The van der Waals surface area contributed by atoms with Crippen molar-refractivity contribution in [2.24, 2.45) is 5.73 Å². The number of anilines is 1. The van der Waals surface area contributed by atoms with E-state index in [0.29, 0.717) is 22.6 Å². The van der Waals surface area contributed by atoms with E-state index in [-0.39, 0.29) is 32.7 Å². The maximum absolute atomic E-state index is 13.2. The van der Waals surface area contributed by atoms with Gasteiger partial charge >= 0.3 is 5.91 Å². The molecule has 1 aromatic carbocycles. The average molecular weight is 489 g/mol. The normalized spacial score (nSPS) is 17.7. The van der Waals surface area contributed by atoms with Gasteiger partial charge in [0.2, 0.25) is 0 Å². The number of halogens is 2. The van der Waals surface area contributed by atoms with Crippen molar-refractivity contribution in [1.82, 2.24) is 10.1 Å². The third kappa shape index (κ3) is 3.59. The summed E-state index contributed by atoms with van der Waals surface area (Å²) in [5.74, 6) is -2.54. The third-order valence-corrected chi connectivity index (χ3v) is 6.23. The van der Waals surface area contributed by atoms with Crippen LogP contribution in [0.25, 0.3) is 5.76 Å². The van der Waals surface area contributed by atoms with Crippen molar-refractivity contribution in [2.45, 2.75) is 26.8 Å². The number of ketones is 1. The molecule has 170 valence electrons. The predicted molar refractivity (Wildman–Crippen MR) is 121 cm³/mol. The molecule has 4 rings (SSSR count). The first-order valence-corrected chi connectivity index (χ1v) is 10.5. The van der Waals surface area contributed by atoms with Crippen molar-refractivity contribution >= 4 is 52.4 Å². The fraction of sp³-hybridized carbons (Fsp3) is 0.182. The Bertz CT molecular complexity index is 1370. The molecule has 1 unspecified atom stereocenters. The van der Waals surface area contributed by atoms with Crippen LogP contribution in [0.15, 0.2) is 34.4 Å². The minimum absolute atomic E-state index is 0.0847. The SMILES string of the molecule is Cc1cc(N2C(=O)C(=O)/C(=C(/O)c3c(C)[nH]c(C(N)=O)c3C)C2c2ccc(Cl)c(Cl)c2)no1. The van der Waals surface area contributed by atoms with Crippen LogP contribution in [0.4, 0.5) is 5.82 Å². The Morgan fingerprint density at radius 2 is 1.88 bits per heavy atom. The van der Waals surface area contributed by atoms with Gasteiger partial charge in [0.05, 0.1) is 21.7 Å². The fourth-order valence-electron chi connectivity index (χ4n) is 4.02. The maximum atomic E-state index is 13.2.